The Morgan fingerprint density at radius 2 is 1.90 bits per heavy atom. The first kappa shape index (κ1) is 19.0. The number of hydrogen-bond donors (Lipinski definition) is 2. The molecule has 1 fully saturated rings. The standard InChI is InChI=1S/C21H15F2N3O5/c1-30-12-3-2-10-8-26(18(27)13(10)6-12)9-21(19(28)24-20(29)25-21)17-5-11-4-14(22)15(23)7-16(11)31-17/h2-7H,8-9H2,1H3,(H2,24,25,28,29)/t21-/m0/s1. The molecule has 2 N–H and O–H groups in total. The second kappa shape index (κ2) is 6.53. The van der Waals surface area contributed by atoms with E-state index >= 15 is 0 Å². The van der Waals surface area contributed by atoms with Crippen LogP contribution >= 0.6 is 0 Å². The van der Waals surface area contributed by atoms with Crippen LogP contribution in [0.3, 0.4) is 0 Å². The molecule has 5 rings (SSSR count). The summed E-state index contributed by atoms with van der Waals surface area (Å²) in [5.41, 5.74) is -0.597. The monoisotopic (exact) mass is 427 g/mol. The molecule has 0 unspecified atom stereocenters. The van der Waals surface area contributed by atoms with Crippen LogP contribution in [0.5, 0.6) is 5.75 Å². The van der Waals surface area contributed by atoms with E-state index in [1.165, 1.54) is 18.1 Å². The van der Waals surface area contributed by atoms with Crippen molar-refractivity contribution in [2.45, 2.75) is 12.1 Å². The molecule has 0 spiro atoms. The molecule has 4 amide bonds. The molecule has 10 heteroatoms. The van der Waals surface area contributed by atoms with Crippen LogP contribution in [0.25, 0.3) is 11.0 Å². The van der Waals surface area contributed by atoms with Gasteiger partial charge in [-0.15, -0.1) is 0 Å². The van der Waals surface area contributed by atoms with Crippen molar-refractivity contribution in [3.05, 3.63) is 64.9 Å². The average molecular weight is 427 g/mol. The number of amides is 4. The number of furan rings is 1. The molecule has 31 heavy (non-hydrogen) atoms. The molecule has 3 aromatic rings. The Morgan fingerprint density at radius 1 is 1.13 bits per heavy atom. The number of benzene rings is 2. The average Bonchev–Trinajstić information content (AvgIpc) is 3.37. The molecule has 3 heterocycles. The lowest BCUT2D eigenvalue weighted by Gasteiger charge is -2.29. The van der Waals surface area contributed by atoms with Gasteiger partial charge in [0.2, 0.25) is 0 Å². The summed E-state index contributed by atoms with van der Waals surface area (Å²) < 4.78 is 38.0. The largest absolute Gasteiger partial charge is 0.497 e. The minimum absolute atomic E-state index is 0.00277. The minimum atomic E-state index is -1.76. The number of ether oxygens (including phenoxy) is 1. The Hall–Kier alpha value is -3.95. The quantitative estimate of drug-likeness (QED) is 0.623. The highest BCUT2D eigenvalue weighted by Gasteiger charge is 2.53. The summed E-state index contributed by atoms with van der Waals surface area (Å²) in [5.74, 6) is -2.81. The smallest absolute Gasteiger partial charge is 0.322 e. The van der Waals surface area contributed by atoms with Gasteiger partial charge in [-0.1, -0.05) is 6.07 Å². The summed E-state index contributed by atoms with van der Waals surface area (Å²) in [6.07, 6.45) is 0. The molecular formula is C21H15F2N3O5. The third-order valence-electron chi connectivity index (χ3n) is 5.55. The fourth-order valence-electron chi connectivity index (χ4n) is 3.98. The van der Waals surface area contributed by atoms with E-state index in [0.717, 1.165) is 17.7 Å². The fraction of sp³-hybridized carbons (Fsp3) is 0.190. The highest BCUT2D eigenvalue weighted by Crippen LogP contribution is 2.35. The second-order valence-electron chi connectivity index (χ2n) is 7.41. The third kappa shape index (κ3) is 2.82. The maximum Gasteiger partial charge on any atom is 0.322 e. The molecule has 1 atom stereocenters. The molecule has 158 valence electrons. The molecule has 1 saturated heterocycles. The molecule has 0 saturated carbocycles. The van der Waals surface area contributed by atoms with Crippen LogP contribution in [0, 0.1) is 11.6 Å². The molecule has 1 aromatic heterocycles. The van der Waals surface area contributed by atoms with E-state index in [1.54, 1.807) is 18.2 Å². The maximum atomic E-state index is 13.6. The zero-order chi connectivity index (χ0) is 21.9. The lowest BCUT2D eigenvalue weighted by atomic mass is 9.95. The Kier molecular flexibility index (Phi) is 4.01. The zero-order valence-corrected chi connectivity index (χ0v) is 16.1. The predicted molar refractivity (Wildman–Crippen MR) is 102 cm³/mol. The van der Waals surface area contributed by atoms with Crippen molar-refractivity contribution in [2.75, 3.05) is 13.7 Å². The molecule has 0 radical (unpaired) electrons. The van der Waals surface area contributed by atoms with Crippen molar-refractivity contribution in [3.8, 4) is 5.75 Å². The van der Waals surface area contributed by atoms with Gasteiger partial charge in [0.25, 0.3) is 11.8 Å². The molecule has 0 aliphatic carbocycles. The van der Waals surface area contributed by atoms with Crippen molar-refractivity contribution in [1.82, 2.24) is 15.5 Å². The number of nitrogens with zero attached hydrogens (tertiary/aromatic N) is 1. The molecular weight excluding hydrogens is 412 g/mol. The van der Waals surface area contributed by atoms with Gasteiger partial charge in [0.15, 0.2) is 17.2 Å². The first-order valence-corrected chi connectivity index (χ1v) is 9.29. The van der Waals surface area contributed by atoms with Crippen LogP contribution in [-0.4, -0.2) is 36.4 Å². The number of rotatable bonds is 4. The first-order valence-electron chi connectivity index (χ1n) is 9.29. The lowest BCUT2D eigenvalue weighted by Crippen LogP contribution is -2.52. The number of halogens is 2. The number of carbonyl (C=O) groups is 3. The first-order chi connectivity index (χ1) is 14.8. The maximum absolute atomic E-state index is 13.6. The summed E-state index contributed by atoms with van der Waals surface area (Å²) in [5, 5.41) is 4.88. The van der Waals surface area contributed by atoms with Crippen LogP contribution in [0.15, 0.2) is 40.8 Å². The number of carbonyl (C=O) groups excluding carboxylic acids is 3. The zero-order valence-electron chi connectivity index (χ0n) is 16.1. The number of imide groups is 1. The van der Waals surface area contributed by atoms with Gasteiger partial charge in [0.1, 0.15) is 17.1 Å². The van der Waals surface area contributed by atoms with Gasteiger partial charge in [0, 0.05) is 23.6 Å². The summed E-state index contributed by atoms with van der Waals surface area (Å²) in [4.78, 5) is 39.2. The number of urea groups is 1. The Balaban J connectivity index is 1.56. The third-order valence-corrected chi connectivity index (χ3v) is 5.55. The summed E-state index contributed by atoms with van der Waals surface area (Å²) in [6, 6.07) is 7.44. The van der Waals surface area contributed by atoms with Crippen molar-refractivity contribution in [1.29, 1.82) is 0 Å². The van der Waals surface area contributed by atoms with Gasteiger partial charge in [-0.2, -0.15) is 0 Å². The van der Waals surface area contributed by atoms with E-state index in [0.29, 0.717) is 11.3 Å². The van der Waals surface area contributed by atoms with Gasteiger partial charge in [-0.3, -0.25) is 14.9 Å². The number of hydrogen-bond acceptors (Lipinski definition) is 5. The van der Waals surface area contributed by atoms with E-state index in [9.17, 15) is 23.2 Å². The van der Waals surface area contributed by atoms with Gasteiger partial charge in [0.05, 0.1) is 13.7 Å². The van der Waals surface area contributed by atoms with Crippen LogP contribution in [0.2, 0.25) is 0 Å². The lowest BCUT2D eigenvalue weighted by molar-refractivity contribution is -0.125. The van der Waals surface area contributed by atoms with Gasteiger partial charge in [-0.25, -0.2) is 13.6 Å². The number of fused-ring (bicyclic) bond motifs is 2. The predicted octanol–water partition coefficient (Wildman–Crippen LogP) is 2.41. The van der Waals surface area contributed by atoms with Crippen molar-refractivity contribution < 1.29 is 32.3 Å². The molecule has 0 bridgehead atoms. The van der Waals surface area contributed by atoms with Crippen LogP contribution in [-0.2, 0) is 16.9 Å². The summed E-state index contributed by atoms with van der Waals surface area (Å²) in [6.45, 7) is -0.0439. The highest BCUT2D eigenvalue weighted by molar-refractivity contribution is 6.08. The van der Waals surface area contributed by atoms with Crippen LogP contribution < -0.4 is 15.4 Å². The van der Waals surface area contributed by atoms with E-state index in [4.69, 9.17) is 9.15 Å². The molecule has 2 aliphatic heterocycles. The Morgan fingerprint density at radius 3 is 2.61 bits per heavy atom. The van der Waals surface area contributed by atoms with Gasteiger partial charge < -0.3 is 19.4 Å². The normalized spacial score (nSPS) is 20.2. The molecule has 8 nitrogen and oxygen atoms in total. The summed E-state index contributed by atoms with van der Waals surface area (Å²) >= 11 is 0. The molecule has 2 aromatic carbocycles. The van der Waals surface area contributed by atoms with Crippen LogP contribution in [0.1, 0.15) is 21.7 Å². The minimum Gasteiger partial charge on any atom is -0.497 e. The number of nitrogens with one attached hydrogen (secondary N) is 2. The SMILES string of the molecule is COc1ccc2c(c1)C(=O)N(C[C@@]1(c3cc4cc(F)c(F)cc4o3)NC(=O)NC1=O)C2. The van der Waals surface area contributed by atoms with E-state index in [-0.39, 0.29) is 35.7 Å². The second-order valence-corrected chi connectivity index (χ2v) is 7.41. The van der Waals surface area contributed by atoms with E-state index in [2.05, 4.69) is 10.6 Å². The highest BCUT2D eigenvalue weighted by atomic mass is 19.2. The fourth-order valence-corrected chi connectivity index (χ4v) is 3.98. The van der Waals surface area contributed by atoms with Crippen molar-refractivity contribution in [3.63, 3.8) is 0 Å². The van der Waals surface area contributed by atoms with Crippen molar-refractivity contribution >= 4 is 28.8 Å². The summed E-state index contributed by atoms with van der Waals surface area (Å²) in [7, 11) is 1.49. The topological polar surface area (TPSA) is 101 Å². The van der Waals surface area contributed by atoms with Gasteiger partial charge >= 0.3 is 6.03 Å². The van der Waals surface area contributed by atoms with Gasteiger partial charge in [-0.05, 0) is 29.8 Å². The van der Waals surface area contributed by atoms with E-state index in [1.807, 2.05) is 0 Å². The Labute approximate surface area is 173 Å². The van der Waals surface area contributed by atoms with E-state index < -0.39 is 29.1 Å². The van der Waals surface area contributed by atoms with Crippen LogP contribution in [0.4, 0.5) is 13.6 Å². The number of methoxy groups -OCH3 is 1. The van der Waals surface area contributed by atoms with Crippen molar-refractivity contribution in [2.24, 2.45) is 0 Å². The molecule has 2 aliphatic rings. The Bertz CT molecular complexity index is 1250.